The highest BCUT2D eigenvalue weighted by Gasteiger charge is 2.35. The van der Waals surface area contributed by atoms with Gasteiger partial charge in [0, 0.05) is 17.7 Å². The average molecular weight is 450 g/mol. The molecule has 1 aliphatic rings. The standard InChI is InChI=1S/C24H22N2O2.BrH/c1-2-28-20-14-12-18(13-15-20)23(27)22(17-8-4-3-5-9-17)26-16-19-10-6-7-11-21(19)24(26)25;/h3-15,22,25H,2,16H2,1H3;1H/p-1. The molecule has 4 rings (SSSR count). The van der Waals surface area contributed by atoms with Gasteiger partial charge in [0.2, 0.25) is 0 Å². The van der Waals surface area contributed by atoms with Crippen LogP contribution in [0.25, 0.3) is 0 Å². The van der Waals surface area contributed by atoms with Crippen LogP contribution in [0.15, 0.2) is 78.9 Å². The first kappa shape index (κ1) is 20.8. The highest BCUT2D eigenvalue weighted by atomic mass is 79.9. The molecule has 1 atom stereocenters. The van der Waals surface area contributed by atoms with Crippen LogP contribution in [0.2, 0.25) is 0 Å². The number of hydrogen-bond acceptors (Lipinski definition) is 3. The second-order valence-electron chi connectivity index (χ2n) is 6.77. The van der Waals surface area contributed by atoms with Gasteiger partial charge in [-0.2, -0.15) is 0 Å². The van der Waals surface area contributed by atoms with Gasteiger partial charge in [-0.1, -0.05) is 54.6 Å². The fourth-order valence-electron chi connectivity index (χ4n) is 3.68. The average Bonchev–Trinajstić information content (AvgIpc) is 3.06. The Morgan fingerprint density at radius 3 is 2.31 bits per heavy atom. The fourth-order valence-corrected chi connectivity index (χ4v) is 3.68. The van der Waals surface area contributed by atoms with Crippen molar-refractivity contribution in [3.63, 3.8) is 0 Å². The van der Waals surface area contributed by atoms with E-state index in [-0.39, 0.29) is 22.8 Å². The van der Waals surface area contributed by atoms with Crippen molar-refractivity contribution in [1.82, 2.24) is 4.90 Å². The number of carbonyl (C=O) groups is 1. The lowest BCUT2D eigenvalue weighted by Gasteiger charge is -2.29. The molecule has 0 aliphatic carbocycles. The quantitative estimate of drug-likeness (QED) is 0.584. The molecule has 5 heteroatoms. The van der Waals surface area contributed by atoms with E-state index in [1.807, 2.05) is 78.6 Å². The van der Waals surface area contributed by atoms with Crippen LogP contribution in [0.4, 0.5) is 0 Å². The second kappa shape index (κ2) is 9.05. The van der Waals surface area contributed by atoms with Gasteiger partial charge in [0.1, 0.15) is 17.6 Å². The van der Waals surface area contributed by atoms with Gasteiger partial charge in [0.25, 0.3) is 0 Å². The Morgan fingerprint density at radius 1 is 1.00 bits per heavy atom. The molecule has 3 aromatic carbocycles. The molecule has 148 valence electrons. The van der Waals surface area contributed by atoms with Crippen molar-refractivity contribution in [2.24, 2.45) is 0 Å². The van der Waals surface area contributed by atoms with E-state index in [1.165, 1.54) is 0 Å². The fraction of sp³-hybridized carbons (Fsp3) is 0.167. The summed E-state index contributed by atoms with van der Waals surface area (Å²) in [6, 6.07) is 24.3. The highest BCUT2D eigenvalue weighted by molar-refractivity contribution is 6.07. The number of benzene rings is 3. The molecule has 0 fully saturated rings. The van der Waals surface area contributed by atoms with Crippen molar-refractivity contribution in [3.8, 4) is 5.75 Å². The molecule has 1 aliphatic heterocycles. The van der Waals surface area contributed by atoms with E-state index in [0.29, 0.717) is 24.6 Å². The molecule has 0 bridgehead atoms. The maximum atomic E-state index is 13.5. The van der Waals surface area contributed by atoms with Crippen LogP contribution < -0.4 is 21.7 Å². The van der Waals surface area contributed by atoms with Crippen LogP contribution in [-0.2, 0) is 6.54 Å². The summed E-state index contributed by atoms with van der Waals surface area (Å²) in [5.41, 5.74) is 3.47. The van der Waals surface area contributed by atoms with Crippen LogP contribution >= 0.6 is 0 Å². The van der Waals surface area contributed by atoms with E-state index in [2.05, 4.69) is 0 Å². The van der Waals surface area contributed by atoms with Gasteiger partial charge in [-0.25, -0.2) is 0 Å². The normalized spacial score (nSPS) is 13.4. The third-order valence-electron chi connectivity index (χ3n) is 5.03. The van der Waals surface area contributed by atoms with Crippen molar-refractivity contribution in [2.45, 2.75) is 19.5 Å². The molecule has 0 amide bonds. The lowest BCUT2D eigenvalue weighted by molar-refractivity contribution is -0.0000145. The van der Waals surface area contributed by atoms with E-state index < -0.39 is 6.04 Å². The molecule has 1 N–H and O–H groups in total. The maximum absolute atomic E-state index is 13.5. The minimum absolute atomic E-state index is 0. The Labute approximate surface area is 181 Å². The largest absolute Gasteiger partial charge is 1.00 e. The van der Waals surface area contributed by atoms with Gasteiger partial charge in [0.05, 0.1) is 6.61 Å². The minimum atomic E-state index is -0.543. The Hall–Kier alpha value is -2.92. The topological polar surface area (TPSA) is 53.4 Å². The lowest BCUT2D eigenvalue weighted by Crippen LogP contribution is -3.00. The summed E-state index contributed by atoms with van der Waals surface area (Å²) in [5.74, 6) is 1.12. The summed E-state index contributed by atoms with van der Waals surface area (Å²) < 4.78 is 5.49. The first-order valence-electron chi connectivity index (χ1n) is 9.44. The Bertz CT molecular complexity index is 1000. The molecule has 0 saturated heterocycles. The van der Waals surface area contributed by atoms with E-state index >= 15 is 0 Å². The molecule has 3 aromatic rings. The lowest BCUT2D eigenvalue weighted by atomic mass is 9.96. The number of halogens is 1. The second-order valence-corrected chi connectivity index (χ2v) is 6.77. The van der Waals surface area contributed by atoms with Crippen molar-refractivity contribution in [1.29, 1.82) is 5.41 Å². The number of Topliss-reactive ketones (excluding diaryl/α,β-unsaturated/α-hetero) is 1. The molecule has 0 saturated carbocycles. The third-order valence-corrected chi connectivity index (χ3v) is 5.03. The number of amidine groups is 1. The van der Waals surface area contributed by atoms with Gasteiger partial charge in [0.15, 0.2) is 5.78 Å². The molecule has 29 heavy (non-hydrogen) atoms. The molecular weight excluding hydrogens is 428 g/mol. The molecule has 4 nitrogen and oxygen atoms in total. The highest BCUT2D eigenvalue weighted by Crippen LogP contribution is 2.33. The zero-order valence-corrected chi connectivity index (χ0v) is 17.7. The Kier molecular flexibility index (Phi) is 6.49. The summed E-state index contributed by atoms with van der Waals surface area (Å²) in [7, 11) is 0. The zero-order chi connectivity index (χ0) is 19.5. The first-order valence-corrected chi connectivity index (χ1v) is 9.44. The summed E-state index contributed by atoms with van der Waals surface area (Å²) in [6.07, 6.45) is 0. The number of nitrogens with zero attached hydrogens (tertiary/aromatic N) is 1. The molecule has 1 heterocycles. The van der Waals surface area contributed by atoms with Gasteiger partial charge < -0.3 is 26.6 Å². The van der Waals surface area contributed by atoms with E-state index in [0.717, 1.165) is 22.4 Å². The van der Waals surface area contributed by atoms with Crippen LogP contribution in [0, 0.1) is 5.41 Å². The minimum Gasteiger partial charge on any atom is -1.00 e. The number of rotatable bonds is 6. The number of carbonyl (C=O) groups excluding carboxylic acids is 1. The predicted molar refractivity (Wildman–Crippen MR) is 110 cm³/mol. The number of hydrogen-bond donors (Lipinski definition) is 1. The number of fused-ring (bicyclic) bond motifs is 1. The third kappa shape index (κ3) is 4.10. The van der Waals surface area contributed by atoms with Crippen molar-refractivity contribution in [3.05, 3.63) is 101 Å². The van der Waals surface area contributed by atoms with Crippen LogP contribution in [0.3, 0.4) is 0 Å². The molecule has 0 radical (unpaired) electrons. The van der Waals surface area contributed by atoms with Crippen LogP contribution in [0.5, 0.6) is 5.75 Å². The smallest absolute Gasteiger partial charge is 0.189 e. The van der Waals surface area contributed by atoms with Crippen molar-refractivity contribution < 1.29 is 26.5 Å². The molecule has 0 aromatic heterocycles. The van der Waals surface area contributed by atoms with Crippen molar-refractivity contribution >= 4 is 11.6 Å². The van der Waals surface area contributed by atoms with Gasteiger partial charge in [-0.15, -0.1) is 0 Å². The van der Waals surface area contributed by atoms with Crippen LogP contribution in [-0.4, -0.2) is 23.1 Å². The monoisotopic (exact) mass is 449 g/mol. The van der Waals surface area contributed by atoms with Gasteiger partial charge in [-0.3, -0.25) is 10.2 Å². The van der Waals surface area contributed by atoms with E-state index in [4.69, 9.17) is 10.1 Å². The Morgan fingerprint density at radius 2 is 1.66 bits per heavy atom. The SMILES string of the molecule is CCOc1ccc(C(=O)C(c2ccccc2)N2Cc3ccccc3C2=N)cc1.[Br-]. The molecule has 0 spiro atoms. The van der Waals surface area contributed by atoms with Crippen LogP contribution in [0.1, 0.15) is 40.0 Å². The number of nitrogens with one attached hydrogen (secondary N) is 1. The zero-order valence-electron chi connectivity index (χ0n) is 16.1. The Balaban J connectivity index is 0.00000240. The number of ether oxygens (including phenoxy) is 1. The van der Waals surface area contributed by atoms with Crippen molar-refractivity contribution in [2.75, 3.05) is 6.61 Å². The molecular formula is C24H22BrN2O2-. The summed E-state index contributed by atoms with van der Waals surface area (Å²) >= 11 is 0. The van der Waals surface area contributed by atoms with Gasteiger partial charge >= 0.3 is 0 Å². The number of ketones is 1. The van der Waals surface area contributed by atoms with E-state index in [9.17, 15) is 4.79 Å². The van der Waals surface area contributed by atoms with E-state index in [1.54, 1.807) is 12.1 Å². The molecule has 1 unspecified atom stereocenters. The predicted octanol–water partition coefficient (Wildman–Crippen LogP) is 1.85. The summed E-state index contributed by atoms with van der Waals surface area (Å²) in [4.78, 5) is 15.4. The first-order chi connectivity index (χ1) is 13.7. The summed E-state index contributed by atoms with van der Waals surface area (Å²) in [5, 5.41) is 8.67. The summed E-state index contributed by atoms with van der Waals surface area (Å²) in [6.45, 7) is 3.07. The maximum Gasteiger partial charge on any atom is 0.189 e. The van der Waals surface area contributed by atoms with Gasteiger partial charge in [-0.05, 0) is 42.3 Å².